The van der Waals surface area contributed by atoms with Crippen molar-refractivity contribution in [3.05, 3.63) is 35.8 Å². The number of hydrogen-bond acceptors (Lipinski definition) is 3. The Balaban J connectivity index is 2.41. The molecule has 1 heterocycles. The number of benzene rings is 1. The zero-order valence-electron chi connectivity index (χ0n) is 7.20. The lowest BCUT2D eigenvalue weighted by atomic mass is 10.2. The molecule has 0 saturated heterocycles. The summed E-state index contributed by atoms with van der Waals surface area (Å²) in [5.74, 6) is 0.0112. The highest BCUT2D eigenvalue weighted by molar-refractivity contribution is 5.78. The smallest absolute Gasteiger partial charge is 0.293 e. The first-order chi connectivity index (χ1) is 6.81. The van der Waals surface area contributed by atoms with Gasteiger partial charge in [-0.25, -0.2) is 4.39 Å². The molecule has 0 fully saturated rings. The third-order valence-electron chi connectivity index (χ3n) is 1.84. The largest absolute Gasteiger partial charge is 0.460 e. The molecule has 2 aromatic rings. The van der Waals surface area contributed by atoms with Gasteiger partial charge in [0.2, 0.25) is 0 Å². The van der Waals surface area contributed by atoms with Gasteiger partial charge in [-0.05, 0) is 12.1 Å². The Morgan fingerprint density at radius 2 is 2.36 bits per heavy atom. The van der Waals surface area contributed by atoms with Gasteiger partial charge in [0, 0.05) is 5.39 Å². The molecule has 14 heavy (non-hydrogen) atoms. The first kappa shape index (κ1) is 8.74. The Morgan fingerprint density at radius 3 is 3.07 bits per heavy atom. The van der Waals surface area contributed by atoms with E-state index in [0.29, 0.717) is 17.6 Å². The maximum atomic E-state index is 13.1. The van der Waals surface area contributed by atoms with E-state index in [2.05, 4.69) is 4.74 Å². The maximum absolute atomic E-state index is 13.1. The van der Waals surface area contributed by atoms with Crippen molar-refractivity contribution in [1.29, 1.82) is 0 Å². The predicted molar refractivity (Wildman–Crippen MR) is 47.0 cm³/mol. The molecule has 1 aromatic heterocycles. The lowest BCUT2D eigenvalue weighted by Gasteiger charge is -1.91. The van der Waals surface area contributed by atoms with Crippen LogP contribution in [0.1, 0.15) is 5.76 Å². The van der Waals surface area contributed by atoms with Gasteiger partial charge < -0.3 is 9.15 Å². The molecule has 0 radical (unpaired) electrons. The average molecular weight is 194 g/mol. The molecule has 0 aliphatic carbocycles. The van der Waals surface area contributed by atoms with Gasteiger partial charge >= 0.3 is 0 Å². The molecule has 0 unspecified atom stereocenters. The van der Waals surface area contributed by atoms with Crippen LogP contribution in [0.2, 0.25) is 0 Å². The third-order valence-corrected chi connectivity index (χ3v) is 1.84. The summed E-state index contributed by atoms with van der Waals surface area (Å²) in [5.41, 5.74) is 0.192. The minimum Gasteiger partial charge on any atom is -0.460 e. The number of rotatable bonds is 3. The molecule has 72 valence electrons. The van der Waals surface area contributed by atoms with Crippen LogP contribution in [0.4, 0.5) is 4.39 Å². The highest BCUT2D eigenvalue weighted by Crippen LogP contribution is 2.22. The van der Waals surface area contributed by atoms with Crippen LogP contribution < -0.4 is 0 Å². The minimum absolute atomic E-state index is 0.0254. The van der Waals surface area contributed by atoms with E-state index in [9.17, 15) is 9.18 Å². The number of furan rings is 1. The van der Waals surface area contributed by atoms with Gasteiger partial charge in [-0.15, -0.1) is 0 Å². The van der Waals surface area contributed by atoms with Crippen LogP contribution >= 0.6 is 0 Å². The van der Waals surface area contributed by atoms with Crippen molar-refractivity contribution in [2.75, 3.05) is 0 Å². The van der Waals surface area contributed by atoms with Gasteiger partial charge in [-0.3, -0.25) is 4.79 Å². The Hall–Kier alpha value is -1.84. The summed E-state index contributed by atoms with van der Waals surface area (Å²) in [4.78, 5) is 9.92. The number of carbonyl (C=O) groups is 1. The molecule has 0 bridgehead atoms. The molecular weight excluding hydrogens is 187 g/mol. The number of carbonyl (C=O) groups excluding carboxylic acids is 1. The molecule has 0 N–H and O–H groups in total. The normalized spacial score (nSPS) is 10.4. The molecule has 0 spiro atoms. The highest BCUT2D eigenvalue weighted by Gasteiger charge is 2.07. The predicted octanol–water partition coefficient (Wildman–Crippen LogP) is 2.24. The van der Waals surface area contributed by atoms with Crippen LogP contribution in [0.5, 0.6) is 0 Å². The summed E-state index contributed by atoms with van der Waals surface area (Å²) in [6, 6.07) is 6.28. The van der Waals surface area contributed by atoms with E-state index in [4.69, 9.17) is 4.42 Å². The fourth-order valence-electron chi connectivity index (χ4n) is 1.27. The average Bonchev–Trinajstić information content (AvgIpc) is 2.59. The summed E-state index contributed by atoms with van der Waals surface area (Å²) in [6.45, 7) is 0.348. The zero-order chi connectivity index (χ0) is 9.97. The molecule has 4 heteroatoms. The topological polar surface area (TPSA) is 39.4 Å². The number of hydrogen-bond donors (Lipinski definition) is 0. The lowest BCUT2D eigenvalue weighted by Crippen LogP contribution is -1.86. The van der Waals surface area contributed by atoms with Crippen molar-refractivity contribution in [3.8, 4) is 0 Å². The van der Waals surface area contributed by atoms with Crippen molar-refractivity contribution in [3.63, 3.8) is 0 Å². The summed E-state index contributed by atoms with van der Waals surface area (Å²) in [6.07, 6.45) is 0. The second kappa shape index (κ2) is 3.49. The van der Waals surface area contributed by atoms with Crippen molar-refractivity contribution < 1.29 is 18.3 Å². The minimum atomic E-state index is -0.417. The van der Waals surface area contributed by atoms with Crippen LogP contribution in [-0.4, -0.2) is 6.47 Å². The van der Waals surface area contributed by atoms with E-state index in [1.54, 1.807) is 18.2 Å². The van der Waals surface area contributed by atoms with Gasteiger partial charge in [-0.1, -0.05) is 12.1 Å². The molecule has 0 aliphatic heterocycles. The number of para-hydroxylation sites is 1. The summed E-state index contributed by atoms with van der Waals surface area (Å²) in [7, 11) is 0. The summed E-state index contributed by atoms with van der Waals surface area (Å²) >= 11 is 0. The van der Waals surface area contributed by atoms with Gasteiger partial charge in [0.1, 0.15) is 12.4 Å². The van der Waals surface area contributed by atoms with Gasteiger partial charge in [-0.2, -0.15) is 0 Å². The first-order valence-electron chi connectivity index (χ1n) is 4.03. The summed E-state index contributed by atoms with van der Waals surface area (Å²) in [5, 5.41) is 0.662. The van der Waals surface area contributed by atoms with Crippen LogP contribution in [0, 0.1) is 5.82 Å². The monoisotopic (exact) mass is 194 g/mol. The van der Waals surface area contributed by atoms with Crippen LogP contribution in [0.15, 0.2) is 28.7 Å². The highest BCUT2D eigenvalue weighted by atomic mass is 19.1. The second-order valence-electron chi connectivity index (χ2n) is 2.78. The van der Waals surface area contributed by atoms with E-state index in [0.717, 1.165) is 0 Å². The number of halogens is 1. The molecular formula is C10H7FO3. The van der Waals surface area contributed by atoms with Crippen molar-refractivity contribution >= 4 is 17.4 Å². The third kappa shape index (κ3) is 1.46. The van der Waals surface area contributed by atoms with E-state index >= 15 is 0 Å². The van der Waals surface area contributed by atoms with E-state index < -0.39 is 5.82 Å². The number of fused-ring (bicyclic) bond motifs is 1. The Kier molecular flexibility index (Phi) is 2.18. The lowest BCUT2D eigenvalue weighted by molar-refractivity contribution is -0.130. The van der Waals surface area contributed by atoms with Gasteiger partial charge in [0.25, 0.3) is 6.47 Å². The molecule has 0 aliphatic rings. The second-order valence-corrected chi connectivity index (χ2v) is 2.78. The van der Waals surface area contributed by atoms with Crippen LogP contribution in [-0.2, 0) is 16.1 Å². The molecule has 2 rings (SSSR count). The quantitative estimate of drug-likeness (QED) is 0.703. The molecule has 0 atom stereocenters. The Labute approximate surface area is 79.1 Å². The van der Waals surface area contributed by atoms with E-state index in [1.165, 1.54) is 6.07 Å². The van der Waals surface area contributed by atoms with Crippen molar-refractivity contribution in [1.82, 2.24) is 0 Å². The van der Waals surface area contributed by atoms with Crippen molar-refractivity contribution in [2.45, 2.75) is 6.61 Å². The fourth-order valence-corrected chi connectivity index (χ4v) is 1.27. The van der Waals surface area contributed by atoms with Gasteiger partial charge in [0.05, 0.1) is 0 Å². The first-order valence-corrected chi connectivity index (χ1v) is 4.03. The molecule has 0 saturated carbocycles. The zero-order valence-corrected chi connectivity index (χ0v) is 7.20. The molecule has 3 nitrogen and oxygen atoms in total. The van der Waals surface area contributed by atoms with E-state index in [1.807, 2.05) is 0 Å². The summed E-state index contributed by atoms with van der Waals surface area (Å²) < 4.78 is 22.8. The number of ether oxygens (including phenoxy) is 1. The Bertz CT molecular complexity index is 461. The van der Waals surface area contributed by atoms with Crippen LogP contribution in [0.3, 0.4) is 0 Å². The fraction of sp³-hybridized carbons (Fsp3) is 0.100. The van der Waals surface area contributed by atoms with Gasteiger partial charge in [0.15, 0.2) is 11.4 Å². The SMILES string of the molecule is O=COCc1cc2cccc(F)c2o1. The van der Waals surface area contributed by atoms with Crippen molar-refractivity contribution in [2.24, 2.45) is 0 Å². The standard InChI is InChI=1S/C10H7FO3/c11-9-3-1-2-7-4-8(5-13-6-12)14-10(7)9/h1-4,6H,5H2. The Morgan fingerprint density at radius 1 is 1.50 bits per heavy atom. The van der Waals surface area contributed by atoms with E-state index in [-0.39, 0.29) is 12.2 Å². The van der Waals surface area contributed by atoms with Crippen LogP contribution in [0.25, 0.3) is 11.0 Å². The molecule has 0 amide bonds. The molecule has 1 aromatic carbocycles. The maximum Gasteiger partial charge on any atom is 0.293 e.